The fourth-order valence-electron chi connectivity index (χ4n) is 7.05. The highest BCUT2D eigenvalue weighted by molar-refractivity contribution is 6.37. The molecule has 48 heavy (non-hydrogen) atoms. The van der Waals surface area contributed by atoms with E-state index in [1.807, 2.05) is 25.7 Å². The number of benzene rings is 2. The first-order valence-corrected chi connectivity index (χ1v) is 16.2. The number of halogens is 5. The third kappa shape index (κ3) is 5.07. The summed E-state index contributed by atoms with van der Waals surface area (Å²) in [5.41, 5.74) is 4.31. The van der Waals surface area contributed by atoms with Crippen LogP contribution in [0.2, 0.25) is 10.0 Å². The van der Waals surface area contributed by atoms with Gasteiger partial charge in [-0.05, 0) is 50.0 Å². The molecule has 0 bridgehead atoms. The van der Waals surface area contributed by atoms with Crippen molar-refractivity contribution >= 4 is 57.2 Å². The number of aryl methyl sites for hydroxylation is 1. The maximum atomic E-state index is 17.6. The largest absolute Gasteiger partial charge is 0.397 e. The number of nitrogens with two attached hydrogens (primary N) is 1. The molecule has 14 heteroatoms. The van der Waals surface area contributed by atoms with Crippen LogP contribution in [0.1, 0.15) is 44.4 Å². The highest BCUT2D eigenvalue weighted by Gasteiger charge is 2.41. The number of piperazine rings is 1. The van der Waals surface area contributed by atoms with E-state index >= 15 is 13.2 Å². The lowest BCUT2D eigenvalue weighted by molar-refractivity contribution is -0.127. The SMILES string of the molecule is C=CC(=O)N1CC(C)N2c3nc(=O)n(-c4c(C)ccnc4C(C)C)c4c(F)c(-c5c(N)c(Cl)cc(Cl)c5F)c(F)c(c34)N(C)CCC2C1. The van der Waals surface area contributed by atoms with Crippen LogP contribution in [0.15, 0.2) is 35.8 Å². The maximum absolute atomic E-state index is 17.6. The number of hydrogen-bond acceptors (Lipinski definition) is 7. The van der Waals surface area contributed by atoms with E-state index in [9.17, 15) is 9.59 Å². The Kier molecular flexibility index (Phi) is 8.61. The minimum atomic E-state index is -1.26. The van der Waals surface area contributed by atoms with Crippen LogP contribution in [0.25, 0.3) is 27.7 Å². The Bertz CT molecular complexity index is 2060. The van der Waals surface area contributed by atoms with Gasteiger partial charge in [0.2, 0.25) is 5.91 Å². The fraction of sp³-hybridized carbons (Fsp3) is 0.353. The van der Waals surface area contributed by atoms with Gasteiger partial charge in [-0.2, -0.15) is 4.98 Å². The van der Waals surface area contributed by atoms with E-state index in [1.165, 1.54) is 6.08 Å². The van der Waals surface area contributed by atoms with Crippen molar-refractivity contribution in [3.8, 4) is 16.8 Å². The molecule has 2 aromatic heterocycles. The molecule has 2 atom stereocenters. The molecule has 6 rings (SSSR count). The molecule has 9 nitrogen and oxygen atoms in total. The summed E-state index contributed by atoms with van der Waals surface area (Å²) in [6.45, 7) is 11.7. The van der Waals surface area contributed by atoms with Crippen LogP contribution in [0.4, 0.5) is 30.4 Å². The van der Waals surface area contributed by atoms with Gasteiger partial charge in [-0.25, -0.2) is 18.0 Å². The zero-order valence-electron chi connectivity index (χ0n) is 27.0. The van der Waals surface area contributed by atoms with E-state index in [1.54, 1.807) is 36.0 Å². The first-order valence-electron chi connectivity index (χ1n) is 15.5. The summed E-state index contributed by atoms with van der Waals surface area (Å²) in [7, 11) is 1.62. The number of nitrogen functional groups attached to an aromatic ring is 1. The molecule has 0 radical (unpaired) electrons. The van der Waals surface area contributed by atoms with Gasteiger partial charge in [0.25, 0.3) is 0 Å². The quantitative estimate of drug-likeness (QED) is 0.145. The Morgan fingerprint density at radius 2 is 1.81 bits per heavy atom. The van der Waals surface area contributed by atoms with Crippen LogP contribution in [0.3, 0.4) is 0 Å². The topological polar surface area (TPSA) is 101 Å². The Morgan fingerprint density at radius 3 is 2.48 bits per heavy atom. The van der Waals surface area contributed by atoms with Crippen LogP contribution in [0, 0.1) is 24.4 Å². The Hall–Kier alpha value is -4.29. The first kappa shape index (κ1) is 33.6. The Labute approximate surface area is 285 Å². The molecule has 2 N–H and O–H groups in total. The van der Waals surface area contributed by atoms with Gasteiger partial charge >= 0.3 is 5.69 Å². The van der Waals surface area contributed by atoms with Gasteiger partial charge in [-0.15, -0.1) is 0 Å². The number of hydrogen-bond donors (Lipinski definition) is 1. The molecule has 0 spiro atoms. The molecule has 1 fully saturated rings. The highest BCUT2D eigenvalue weighted by Crippen LogP contribution is 2.49. The van der Waals surface area contributed by atoms with Gasteiger partial charge in [0.15, 0.2) is 17.5 Å². The molecule has 1 amide bonds. The van der Waals surface area contributed by atoms with Gasteiger partial charge in [-0.1, -0.05) is 43.6 Å². The van der Waals surface area contributed by atoms with Crippen LogP contribution in [-0.2, 0) is 4.79 Å². The average Bonchev–Trinajstić information content (AvgIpc) is 3.03. The molecule has 0 aliphatic carbocycles. The van der Waals surface area contributed by atoms with Crippen molar-refractivity contribution in [3.63, 3.8) is 0 Å². The average molecular weight is 701 g/mol. The normalized spacial score (nSPS) is 17.9. The van der Waals surface area contributed by atoms with Gasteiger partial charge in [0, 0.05) is 44.5 Å². The number of aromatic nitrogens is 3. The zero-order chi connectivity index (χ0) is 34.9. The van der Waals surface area contributed by atoms with E-state index in [-0.39, 0.29) is 70.6 Å². The van der Waals surface area contributed by atoms with Gasteiger partial charge in [0.05, 0.1) is 49.8 Å². The number of anilines is 3. The number of pyridine rings is 1. The number of rotatable bonds is 4. The third-order valence-electron chi connectivity index (χ3n) is 9.25. The lowest BCUT2D eigenvalue weighted by Gasteiger charge is -2.48. The van der Waals surface area contributed by atoms with Crippen molar-refractivity contribution in [2.24, 2.45) is 0 Å². The van der Waals surface area contributed by atoms with Crippen LogP contribution in [0.5, 0.6) is 0 Å². The lowest BCUT2D eigenvalue weighted by atomic mass is 9.94. The van der Waals surface area contributed by atoms with E-state index < -0.39 is 51.0 Å². The summed E-state index contributed by atoms with van der Waals surface area (Å²) in [6, 6.07) is 1.96. The Balaban J connectivity index is 1.84. The maximum Gasteiger partial charge on any atom is 0.354 e. The molecular weight excluding hydrogens is 666 g/mol. The molecular formula is C34H34Cl2F3N7O2. The number of carbonyl (C=O) groups excluding carboxylic acids is 1. The summed E-state index contributed by atoms with van der Waals surface area (Å²) in [6.07, 6.45) is 3.24. The molecule has 4 heterocycles. The van der Waals surface area contributed by atoms with E-state index in [0.717, 1.165) is 10.6 Å². The van der Waals surface area contributed by atoms with E-state index in [2.05, 4.69) is 16.5 Å². The minimum absolute atomic E-state index is 0.000890. The second kappa shape index (κ2) is 12.3. The van der Waals surface area contributed by atoms with Crippen LogP contribution >= 0.6 is 23.2 Å². The molecule has 2 aromatic carbocycles. The summed E-state index contributed by atoms with van der Waals surface area (Å²) in [4.78, 5) is 41.2. The molecule has 2 aliphatic heterocycles. The monoisotopic (exact) mass is 699 g/mol. The molecule has 4 aromatic rings. The number of amides is 1. The highest BCUT2D eigenvalue weighted by atomic mass is 35.5. The molecule has 2 unspecified atom stereocenters. The minimum Gasteiger partial charge on any atom is -0.397 e. The summed E-state index contributed by atoms with van der Waals surface area (Å²) in [5.74, 6) is -3.97. The van der Waals surface area contributed by atoms with E-state index in [4.69, 9.17) is 28.9 Å². The molecule has 2 aliphatic rings. The standard InChI is InChI=1S/C34H34Cl2F3N7O2/c1-7-21(47)44-13-17(5)45-18(14-44)9-11-43(6)31-24-32(27(39)22(26(31)38)23-25(37)19(35)12-20(36)28(23)40)46(34(48)42-33(24)45)30-16(4)8-10-41-29(30)15(2)3/h7-8,10,12,15,17-18H,1,9,11,13-14,40H2,2-6H3. The number of fused-ring (bicyclic) bond motifs is 2. The molecule has 252 valence electrons. The number of carbonyl (C=O) groups is 1. The van der Waals surface area contributed by atoms with Crippen molar-refractivity contribution in [1.82, 2.24) is 19.4 Å². The van der Waals surface area contributed by atoms with Crippen molar-refractivity contribution < 1.29 is 18.0 Å². The zero-order valence-corrected chi connectivity index (χ0v) is 28.6. The number of nitrogens with zero attached hydrogens (tertiary/aromatic N) is 6. The summed E-state index contributed by atoms with van der Waals surface area (Å²) in [5, 5.41) is -0.686. The van der Waals surface area contributed by atoms with Crippen molar-refractivity contribution in [1.29, 1.82) is 0 Å². The summed E-state index contributed by atoms with van der Waals surface area (Å²) >= 11 is 12.4. The third-order valence-corrected chi connectivity index (χ3v) is 9.83. The smallest absolute Gasteiger partial charge is 0.354 e. The predicted molar refractivity (Wildman–Crippen MR) is 184 cm³/mol. The van der Waals surface area contributed by atoms with Crippen LogP contribution in [-0.4, -0.2) is 64.1 Å². The fourth-order valence-corrected chi connectivity index (χ4v) is 7.51. The van der Waals surface area contributed by atoms with Crippen LogP contribution < -0.4 is 21.2 Å². The lowest BCUT2D eigenvalue weighted by Crippen LogP contribution is -2.60. The van der Waals surface area contributed by atoms with Gasteiger partial charge in [-0.3, -0.25) is 14.3 Å². The van der Waals surface area contributed by atoms with Crippen molar-refractivity contribution in [2.45, 2.75) is 52.1 Å². The first-order chi connectivity index (χ1) is 22.7. The van der Waals surface area contributed by atoms with Crippen molar-refractivity contribution in [3.05, 3.63) is 80.2 Å². The predicted octanol–water partition coefficient (Wildman–Crippen LogP) is 6.62. The molecule has 1 saturated heterocycles. The summed E-state index contributed by atoms with van der Waals surface area (Å²) < 4.78 is 51.7. The van der Waals surface area contributed by atoms with Gasteiger partial charge < -0.3 is 20.4 Å². The second-order valence-electron chi connectivity index (χ2n) is 12.7. The Morgan fingerprint density at radius 1 is 1.10 bits per heavy atom. The second-order valence-corrected chi connectivity index (χ2v) is 13.5. The molecule has 0 saturated carbocycles. The van der Waals surface area contributed by atoms with Gasteiger partial charge in [0.1, 0.15) is 11.3 Å². The van der Waals surface area contributed by atoms with E-state index in [0.29, 0.717) is 17.7 Å². The van der Waals surface area contributed by atoms with Crippen molar-refractivity contribution in [2.75, 3.05) is 42.2 Å².